The molecule has 1 aliphatic rings. The third kappa shape index (κ3) is 6.18. The molecule has 0 unspecified atom stereocenters. The first kappa shape index (κ1) is 25.3. The highest BCUT2D eigenvalue weighted by Gasteiger charge is 2.51. The zero-order valence-corrected chi connectivity index (χ0v) is 20.3. The van der Waals surface area contributed by atoms with Crippen molar-refractivity contribution in [3.63, 3.8) is 0 Å². The number of rotatable bonds is 8. The van der Waals surface area contributed by atoms with Crippen molar-refractivity contribution in [3.8, 4) is 0 Å². The van der Waals surface area contributed by atoms with E-state index in [4.69, 9.17) is 14.4 Å². The number of carbonyl (C=O) groups excluding carboxylic acids is 1. The summed E-state index contributed by atoms with van der Waals surface area (Å²) in [4.78, 5) is 24.7. The maximum absolute atomic E-state index is 13.7. The lowest BCUT2D eigenvalue weighted by Crippen LogP contribution is -2.60. The Morgan fingerprint density at radius 3 is 2.33 bits per heavy atom. The van der Waals surface area contributed by atoms with Crippen LogP contribution in [0.2, 0.25) is 0 Å². The van der Waals surface area contributed by atoms with Crippen LogP contribution in [-0.4, -0.2) is 43.7 Å². The molecule has 1 heterocycles. The van der Waals surface area contributed by atoms with Crippen LogP contribution in [0.3, 0.4) is 0 Å². The van der Waals surface area contributed by atoms with E-state index in [9.17, 15) is 13.2 Å². The summed E-state index contributed by atoms with van der Waals surface area (Å²) in [7, 11) is -4.08. The Labute approximate surface area is 195 Å². The van der Waals surface area contributed by atoms with Gasteiger partial charge in [-0.05, 0) is 51.8 Å². The van der Waals surface area contributed by atoms with Crippen LogP contribution in [0, 0.1) is 5.41 Å². The molecule has 9 heteroatoms. The molecule has 3 rings (SSSR count). The average Bonchev–Trinajstić information content (AvgIpc) is 2.79. The molecule has 0 spiro atoms. The lowest BCUT2D eigenvalue weighted by Gasteiger charge is -2.43. The molecule has 0 bridgehead atoms. The summed E-state index contributed by atoms with van der Waals surface area (Å²) in [5.74, 6) is -0.473. The fourth-order valence-corrected chi connectivity index (χ4v) is 5.07. The molecule has 2 aromatic carbocycles. The maximum Gasteiger partial charge on any atom is 0.265 e. The van der Waals surface area contributed by atoms with Crippen LogP contribution >= 0.6 is 0 Å². The Balaban J connectivity index is 1.96. The Kier molecular flexibility index (Phi) is 7.92. The first-order valence-corrected chi connectivity index (χ1v) is 12.3. The van der Waals surface area contributed by atoms with E-state index in [1.807, 2.05) is 30.3 Å². The van der Waals surface area contributed by atoms with Gasteiger partial charge in [0, 0.05) is 6.61 Å². The molecule has 2 atom stereocenters. The minimum absolute atomic E-state index is 0.0203. The molecule has 1 saturated heterocycles. The van der Waals surface area contributed by atoms with Gasteiger partial charge in [-0.1, -0.05) is 53.0 Å². The van der Waals surface area contributed by atoms with E-state index in [0.29, 0.717) is 6.61 Å². The number of nitrogens with zero attached hydrogens (tertiary/aromatic N) is 1. The SMILES string of the molecule is CC(C)(C)ONC(=O)[C@@]1(C)COCC[C@H]1N(OCc1ccccc1)S(=O)(=O)c1ccccc1. The van der Waals surface area contributed by atoms with Gasteiger partial charge < -0.3 is 4.74 Å². The second-order valence-electron chi connectivity index (χ2n) is 9.25. The number of ether oxygens (including phenoxy) is 1. The molecule has 0 aromatic heterocycles. The smallest absolute Gasteiger partial charge is 0.265 e. The van der Waals surface area contributed by atoms with Crippen LogP contribution in [0.15, 0.2) is 65.6 Å². The molecule has 0 aliphatic carbocycles. The molecule has 0 radical (unpaired) electrons. The first-order chi connectivity index (χ1) is 15.5. The van der Waals surface area contributed by atoms with Gasteiger partial charge in [0.25, 0.3) is 15.9 Å². The Bertz CT molecular complexity index is 1020. The second kappa shape index (κ2) is 10.3. The molecule has 1 aliphatic heterocycles. The standard InChI is InChI=1S/C24H32N2O6S/c1-23(2,3)32-25-22(27)24(4)18-30-16-15-21(24)26(31-17-19-11-7-5-8-12-19)33(28,29)20-13-9-6-10-14-20/h5-14,21H,15-18H2,1-4H3,(H,25,27)/t21-,24+/m1/s1. The molecule has 0 saturated carbocycles. The molecule has 2 aromatic rings. The van der Waals surface area contributed by atoms with Gasteiger partial charge >= 0.3 is 0 Å². The van der Waals surface area contributed by atoms with Crippen LogP contribution in [-0.2, 0) is 35.8 Å². The molecular weight excluding hydrogens is 444 g/mol. The van der Waals surface area contributed by atoms with E-state index < -0.39 is 33.0 Å². The largest absolute Gasteiger partial charge is 0.380 e. The van der Waals surface area contributed by atoms with Crippen LogP contribution in [0.5, 0.6) is 0 Å². The van der Waals surface area contributed by atoms with Crippen LogP contribution in [0.25, 0.3) is 0 Å². The quantitative estimate of drug-likeness (QED) is 0.587. The highest BCUT2D eigenvalue weighted by Crippen LogP contribution is 2.36. The molecule has 1 fully saturated rings. The van der Waals surface area contributed by atoms with Gasteiger partial charge in [0.15, 0.2) is 0 Å². The lowest BCUT2D eigenvalue weighted by atomic mass is 9.79. The van der Waals surface area contributed by atoms with Crippen molar-refractivity contribution in [1.29, 1.82) is 0 Å². The number of carbonyl (C=O) groups is 1. The van der Waals surface area contributed by atoms with Crippen LogP contribution in [0.4, 0.5) is 0 Å². The van der Waals surface area contributed by atoms with E-state index in [1.165, 1.54) is 12.1 Å². The van der Waals surface area contributed by atoms with Gasteiger partial charge in [-0.25, -0.2) is 13.9 Å². The molecular formula is C24H32N2O6S. The van der Waals surface area contributed by atoms with E-state index in [0.717, 1.165) is 10.0 Å². The summed E-state index contributed by atoms with van der Waals surface area (Å²) in [6.07, 6.45) is 0.278. The van der Waals surface area contributed by atoms with Gasteiger partial charge in [-0.3, -0.25) is 14.5 Å². The third-order valence-electron chi connectivity index (χ3n) is 5.38. The average molecular weight is 477 g/mol. The zero-order chi connectivity index (χ0) is 24.1. The maximum atomic E-state index is 13.7. The number of hydrogen-bond acceptors (Lipinski definition) is 6. The minimum atomic E-state index is -4.08. The predicted octanol–water partition coefficient (Wildman–Crippen LogP) is 3.45. The number of sulfonamides is 1. The monoisotopic (exact) mass is 476 g/mol. The zero-order valence-electron chi connectivity index (χ0n) is 19.5. The van der Waals surface area contributed by atoms with Crippen molar-refractivity contribution in [1.82, 2.24) is 9.95 Å². The highest BCUT2D eigenvalue weighted by atomic mass is 32.2. The van der Waals surface area contributed by atoms with Crippen molar-refractivity contribution in [2.24, 2.45) is 5.41 Å². The molecule has 1 N–H and O–H groups in total. The van der Waals surface area contributed by atoms with E-state index in [1.54, 1.807) is 45.9 Å². The van der Waals surface area contributed by atoms with Crippen molar-refractivity contribution in [2.75, 3.05) is 13.2 Å². The van der Waals surface area contributed by atoms with Crippen molar-refractivity contribution in [3.05, 3.63) is 66.2 Å². The fraction of sp³-hybridized carbons (Fsp3) is 0.458. The van der Waals surface area contributed by atoms with E-state index >= 15 is 0 Å². The van der Waals surface area contributed by atoms with Crippen LogP contribution in [0.1, 0.15) is 39.7 Å². The normalized spacial score (nSPS) is 21.7. The van der Waals surface area contributed by atoms with Crippen LogP contribution < -0.4 is 5.48 Å². The summed E-state index contributed by atoms with van der Waals surface area (Å²) >= 11 is 0. The Morgan fingerprint density at radius 1 is 1.12 bits per heavy atom. The summed E-state index contributed by atoms with van der Waals surface area (Å²) in [6, 6.07) is 16.5. The second-order valence-corrected chi connectivity index (χ2v) is 11.0. The van der Waals surface area contributed by atoms with Gasteiger partial charge in [0.05, 0.1) is 35.2 Å². The summed E-state index contributed by atoms with van der Waals surface area (Å²) in [5, 5.41) is 0. The lowest BCUT2D eigenvalue weighted by molar-refractivity contribution is -0.196. The summed E-state index contributed by atoms with van der Waals surface area (Å²) < 4.78 is 33.9. The topological polar surface area (TPSA) is 94.2 Å². The van der Waals surface area contributed by atoms with Gasteiger partial charge in [0.1, 0.15) is 0 Å². The third-order valence-corrected chi connectivity index (χ3v) is 7.08. The van der Waals surface area contributed by atoms with Gasteiger partial charge in [-0.2, -0.15) is 0 Å². The summed E-state index contributed by atoms with van der Waals surface area (Å²) in [5.41, 5.74) is 1.43. The minimum Gasteiger partial charge on any atom is -0.380 e. The number of benzene rings is 2. The Hall–Kier alpha value is -2.30. The van der Waals surface area contributed by atoms with Crippen molar-refractivity contribution < 1.29 is 27.6 Å². The highest BCUT2D eigenvalue weighted by molar-refractivity contribution is 7.89. The van der Waals surface area contributed by atoms with Gasteiger partial charge in [-0.15, -0.1) is 0 Å². The Morgan fingerprint density at radius 2 is 1.73 bits per heavy atom. The molecule has 1 amide bonds. The number of hydrogen-bond donors (Lipinski definition) is 1. The molecule has 180 valence electrons. The number of hydroxylamine groups is 2. The van der Waals surface area contributed by atoms with Crippen molar-refractivity contribution in [2.45, 2.75) is 57.3 Å². The molecule has 33 heavy (non-hydrogen) atoms. The van der Waals surface area contributed by atoms with E-state index in [2.05, 4.69) is 5.48 Å². The number of nitrogens with one attached hydrogen (secondary N) is 1. The van der Waals surface area contributed by atoms with Gasteiger partial charge in [0.2, 0.25) is 0 Å². The van der Waals surface area contributed by atoms with E-state index in [-0.39, 0.29) is 24.5 Å². The fourth-order valence-electron chi connectivity index (χ4n) is 3.50. The molecule has 8 nitrogen and oxygen atoms in total. The predicted molar refractivity (Wildman–Crippen MR) is 123 cm³/mol. The number of amides is 1. The van der Waals surface area contributed by atoms with Crippen molar-refractivity contribution >= 4 is 15.9 Å². The first-order valence-electron chi connectivity index (χ1n) is 10.9. The summed E-state index contributed by atoms with van der Waals surface area (Å²) in [6.45, 7) is 7.42.